The molecule has 1 fully saturated rings. The van der Waals surface area contributed by atoms with E-state index in [-0.39, 0.29) is 17.0 Å². The van der Waals surface area contributed by atoms with Gasteiger partial charge in [0.2, 0.25) is 0 Å². The lowest BCUT2D eigenvalue weighted by Crippen LogP contribution is -2.23. The van der Waals surface area contributed by atoms with Crippen LogP contribution in [-0.2, 0) is 22.6 Å². The van der Waals surface area contributed by atoms with Crippen molar-refractivity contribution in [2.24, 2.45) is 16.7 Å². The molecule has 1 heterocycles. The van der Waals surface area contributed by atoms with E-state index in [0.717, 1.165) is 16.9 Å². The molecule has 4 nitrogen and oxygen atoms in total. The van der Waals surface area contributed by atoms with E-state index in [1.54, 1.807) is 6.26 Å². The number of furan rings is 1. The maximum absolute atomic E-state index is 12.6. The molecule has 1 saturated carbocycles. The van der Waals surface area contributed by atoms with E-state index in [1.165, 1.54) is 6.08 Å². The molecule has 0 radical (unpaired) electrons. The smallest absolute Gasteiger partial charge is 0.328 e. The highest BCUT2D eigenvalue weighted by Crippen LogP contribution is 2.70. The summed E-state index contributed by atoms with van der Waals surface area (Å²) in [5, 5.41) is 9.63. The summed E-state index contributed by atoms with van der Waals surface area (Å²) in [6.45, 7) is 3.69. The van der Waals surface area contributed by atoms with Crippen molar-refractivity contribution in [3.05, 3.63) is 70.1 Å². The summed E-state index contributed by atoms with van der Waals surface area (Å²) in [5.74, 6) is -0.175. The van der Waals surface area contributed by atoms with Gasteiger partial charge in [-0.3, -0.25) is 4.79 Å². The highest BCUT2D eigenvalue weighted by molar-refractivity contribution is 6.55. The maximum Gasteiger partial charge on any atom is 0.328 e. The van der Waals surface area contributed by atoms with Crippen LogP contribution in [0.25, 0.3) is 0 Å². The fourth-order valence-electron chi connectivity index (χ4n) is 3.57. The van der Waals surface area contributed by atoms with E-state index >= 15 is 0 Å². The van der Waals surface area contributed by atoms with Gasteiger partial charge in [0.25, 0.3) is 0 Å². The first-order chi connectivity index (χ1) is 12.8. The van der Waals surface area contributed by atoms with Crippen LogP contribution in [0.1, 0.15) is 30.7 Å². The fourth-order valence-corrected chi connectivity index (χ4v) is 3.82. The number of nitrogens with zero attached hydrogens (tertiary/aromatic N) is 1. The molecule has 140 valence electrons. The van der Waals surface area contributed by atoms with Crippen molar-refractivity contribution >= 4 is 29.2 Å². The number of nitriles is 1. The van der Waals surface area contributed by atoms with Gasteiger partial charge in [0.1, 0.15) is 16.9 Å². The first-order valence-corrected chi connectivity index (χ1v) is 9.28. The van der Waals surface area contributed by atoms with Crippen molar-refractivity contribution in [2.45, 2.75) is 26.9 Å². The van der Waals surface area contributed by atoms with Gasteiger partial charge >= 0.3 is 5.97 Å². The van der Waals surface area contributed by atoms with E-state index in [4.69, 9.17) is 32.4 Å². The molecule has 6 heteroatoms. The zero-order valence-corrected chi connectivity index (χ0v) is 16.6. The molecule has 27 heavy (non-hydrogen) atoms. The Morgan fingerprint density at radius 2 is 2.00 bits per heavy atom. The van der Waals surface area contributed by atoms with Gasteiger partial charge in [-0.25, -0.2) is 0 Å². The Morgan fingerprint density at radius 3 is 2.63 bits per heavy atom. The zero-order chi connectivity index (χ0) is 19.7. The van der Waals surface area contributed by atoms with Crippen molar-refractivity contribution in [1.82, 2.24) is 0 Å². The molecule has 2 atom stereocenters. The number of hydrogen-bond donors (Lipinski definition) is 0. The fraction of sp³-hybridized carbons (Fsp3) is 0.333. The molecule has 0 saturated heterocycles. The van der Waals surface area contributed by atoms with Crippen LogP contribution in [0.5, 0.6) is 0 Å². The molecule has 1 aliphatic carbocycles. The van der Waals surface area contributed by atoms with Crippen LogP contribution in [0.4, 0.5) is 0 Å². The number of carbonyl (C=O) groups is 1. The van der Waals surface area contributed by atoms with Crippen LogP contribution in [0.3, 0.4) is 0 Å². The summed E-state index contributed by atoms with van der Waals surface area (Å²) in [7, 11) is 0. The lowest BCUT2D eigenvalue weighted by molar-refractivity contribution is -0.150. The molecule has 0 N–H and O–H groups in total. The third-order valence-corrected chi connectivity index (χ3v) is 5.52. The molecule has 0 unspecified atom stereocenters. The number of carbonyl (C=O) groups excluding carboxylic acids is 1. The normalized spacial score (nSPS) is 22.6. The third-order valence-electron chi connectivity index (χ3n) is 5.27. The average Bonchev–Trinajstić information content (AvgIpc) is 2.93. The Balaban J connectivity index is 1.64. The molecule has 1 aliphatic rings. The van der Waals surface area contributed by atoms with Crippen LogP contribution >= 0.6 is 23.2 Å². The van der Waals surface area contributed by atoms with Crippen LogP contribution in [0, 0.1) is 28.1 Å². The number of benzene rings is 1. The van der Waals surface area contributed by atoms with Crippen LogP contribution < -0.4 is 0 Å². The first kappa shape index (κ1) is 19.5. The largest absolute Gasteiger partial charge is 0.469 e. The minimum atomic E-state index is -1.28. The van der Waals surface area contributed by atoms with Crippen molar-refractivity contribution < 1.29 is 13.9 Å². The molecule has 3 rings (SSSR count). The van der Waals surface area contributed by atoms with Gasteiger partial charge in [0, 0.05) is 23.3 Å². The van der Waals surface area contributed by atoms with Gasteiger partial charge in [0.15, 0.2) is 5.41 Å². The number of halogens is 2. The Bertz CT molecular complexity index is 907. The molecule has 0 spiro atoms. The Hall–Kier alpha value is -2.22. The second kappa shape index (κ2) is 7.42. The summed E-state index contributed by atoms with van der Waals surface area (Å²) >= 11 is 11.4. The molecule has 2 aromatic rings. The number of hydrogen-bond acceptors (Lipinski definition) is 4. The Morgan fingerprint density at radius 1 is 1.30 bits per heavy atom. The lowest BCUT2D eigenvalue weighted by Gasteiger charge is -2.10. The Labute approximate surface area is 168 Å². The van der Waals surface area contributed by atoms with Gasteiger partial charge in [-0.15, -0.1) is 0 Å². The monoisotopic (exact) mass is 403 g/mol. The van der Waals surface area contributed by atoms with Crippen molar-refractivity contribution in [1.29, 1.82) is 5.26 Å². The standard InChI is InChI=1S/C21H19Cl2NO3/c1-20(2)17(10-18(22)23)21(20,13-24)19(25)27-12-15-9-16(26-11-15)8-14-6-4-3-5-7-14/h3-7,9-11,17H,8,12H2,1-2H3/t17-,21+/m1/s1. The van der Waals surface area contributed by atoms with Gasteiger partial charge in [-0.05, 0) is 17.7 Å². The van der Waals surface area contributed by atoms with Crippen molar-refractivity contribution in [3.8, 4) is 6.07 Å². The van der Waals surface area contributed by atoms with Gasteiger partial charge in [-0.2, -0.15) is 5.26 Å². The predicted molar refractivity (Wildman–Crippen MR) is 103 cm³/mol. The van der Waals surface area contributed by atoms with E-state index in [0.29, 0.717) is 6.42 Å². The van der Waals surface area contributed by atoms with Crippen molar-refractivity contribution in [2.75, 3.05) is 0 Å². The van der Waals surface area contributed by atoms with Crippen molar-refractivity contribution in [3.63, 3.8) is 0 Å². The number of ether oxygens (including phenoxy) is 1. The lowest BCUT2D eigenvalue weighted by atomic mass is 9.98. The topological polar surface area (TPSA) is 63.2 Å². The number of allylic oxidation sites excluding steroid dienone is 1. The van der Waals surface area contributed by atoms with Gasteiger partial charge in [-0.1, -0.05) is 67.4 Å². The summed E-state index contributed by atoms with van der Waals surface area (Å²) in [6, 6.07) is 13.9. The number of esters is 1. The highest BCUT2D eigenvalue weighted by Gasteiger charge is 2.77. The quantitative estimate of drug-likeness (QED) is 0.605. The van der Waals surface area contributed by atoms with Crippen LogP contribution in [-0.4, -0.2) is 5.97 Å². The molecular weight excluding hydrogens is 385 g/mol. The summed E-state index contributed by atoms with van der Waals surface area (Å²) in [5.41, 5.74) is -0.00380. The molecule has 0 amide bonds. The molecule has 1 aromatic heterocycles. The molecular formula is C21H19Cl2NO3. The van der Waals surface area contributed by atoms with Gasteiger partial charge in [0.05, 0.1) is 12.3 Å². The minimum absolute atomic E-state index is 0.0402. The third kappa shape index (κ3) is 3.63. The summed E-state index contributed by atoms with van der Waals surface area (Å²) < 4.78 is 11.0. The summed E-state index contributed by atoms with van der Waals surface area (Å²) in [4.78, 5) is 12.6. The first-order valence-electron chi connectivity index (χ1n) is 8.53. The maximum atomic E-state index is 12.6. The molecule has 0 aliphatic heterocycles. The van der Waals surface area contributed by atoms with Crippen LogP contribution in [0.2, 0.25) is 0 Å². The SMILES string of the molecule is CC1(C)[C@@H](C=C(Cl)Cl)[C@@]1(C#N)C(=O)OCc1coc(Cc2ccccc2)c1. The van der Waals surface area contributed by atoms with E-state index in [2.05, 4.69) is 6.07 Å². The van der Waals surface area contributed by atoms with E-state index < -0.39 is 16.8 Å². The molecule has 0 bridgehead atoms. The summed E-state index contributed by atoms with van der Waals surface area (Å²) in [6.07, 6.45) is 3.75. The number of rotatable bonds is 6. The van der Waals surface area contributed by atoms with E-state index in [1.807, 2.05) is 50.2 Å². The minimum Gasteiger partial charge on any atom is -0.469 e. The van der Waals surface area contributed by atoms with E-state index in [9.17, 15) is 10.1 Å². The Kier molecular flexibility index (Phi) is 5.37. The zero-order valence-electron chi connectivity index (χ0n) is 15.0. The predicted octanol–water partition coefficient (Wildman–Crippen LogP) is 5.40. The van der Waals surface area contributed by atoms with Crippen LogP contribution in [0.15, 0.2) is 57.6 Å². The second-order valence-corrected chi connectivity index (χ2v) is 8.24. The average molecular weight is 404 g/mol. The molecule has 1 aromatic carbocycles. The second-order valence-electron chi connectivity index (χ2n) is 7.24. The highest BCUT2D eigenvalue weighted by atomic mass is 35.5. The van der Waals surface area contributed by atoms with Gasteiger partial charge < -0.3 is 9.15 Å².